The second-order valence-corrected chi connectivity index (χ2v) is 16.0. The van der Waals surface area contributed by atoms with Gasteiger partial charge in [-0.25, -0.2) is 0 Å². The van der Waals surface area contributed by atoms with Gasteiger partial charge in [-0.3, -0.25) is 39.1 Å². The van der Waals surface area contributed by atoms with Crippen molar-refractivity contribution in [3.63, 3.8) is 0 Å². The lowest BCUT2D eigenvalue weighted by atomic mass is 9.89. The van der Waals surface area contributed by atoms with Crippen LogP contribution in [0.5, 0.6) is 0 Å². The van der Waals surface area contributed by atoms with Gasteiger partial charge in [0, 0.05) is 75.2 Å². The van der Waals surface area contributed by atoms with Gasteiger partial charge in [-0.2, -0.15) is 5.26 Å². The monoisotopic (exact) mass is 761 g/mol. The van der Waals surface area contributed by atoms with E-state index in [2.05, 4.69) is 50.6 Å². The molecule has 0 radical (unpaired) electrons. The molecule has 284 valence electrons. The minimum atomic E-state index is -0.975. The molecule has 0 spiro atoms. The molecule has 1 aliphatic carbocycles. The molecule has 3 aromatic carbocycles. The Kier molecular flexibility index (Phi) is 10.1. The molecule has 1 saturated carbocycles. The third kappa shape index (κ3) is 7.31. The number of carbonyl (C=O) groups is 5. The number of nitrogens with zero attached hydrogens (tertiary/aromatic N) is 5. The molecule has 2 N–H and O–H groups in total. The lowest BCUT2D eigenvalue weighted by molar-refractivity contribution is -0.136. The molecule has 0 aromatic heterocycles. The van der Waals surface area contributed by atoms with E-state index in [4.69, 9.17) is 11.6 Å². The quantitative estimate of drug-likeness (QED) is 0.302. The maximum Gasteiger partial charge on any atom is 0.262 e. The van der Waals surface area contributed by atoms with Gasteiger partial charge >= 0.3 is 0 Å². The smallest absolute Gasteiger partial charge is 0.262 e. The summed E-state index contributed by atoms with van der Waals surface area (Å²) >= 11 is 6.28. The van der Waals surface area contributed by atoms with Gasteiger partial charge in [0.15, 0.2) is 0 Å². The number of rotatable bonds is 8. The van der Waals surface area contributed by atoms with Crippen molar-refractivity contribution in [2.75, 3.05) is 36.5 Å². The van der Waals surface area contributed by atoms with E-state index in [0.717, 1.165) is 87.5 Å². The summed E-state index contributed by atoms with van der Waals surface area (Å²) in [5, 5.41) is 15.2. The summed E-state index contributed by atoms with van der Waals surface area (Å²) in [6, 6.07) is 18.6. The summed E-state index contributed by atoms with van der Waals surface area (Å²) in [4.78, 5) is 71.8. The second-order valence-electron chi connectivity index (χ2n) is 15.6. The van der Waals surface area contributed by atoms with E-state index < -0.39 is 29.7 Å². The number of nitrogens with one attached hydrogen (secondary N) is 2. The minimum absolute atomic E-state index is 0.0226. The Bertz CT molecular complexity index is 2120. The van der Waals surface area contributed by atoms with Gasteiger partial charge in [-0.1, -0.05) is 17.7 Å². The van der Waals surface area contributed by atoms with Gasteiger partial charge < -0.3 is 15.1 Å². The number of halogens is 1. The molecule has 0 bridgehead atoms. The van der Waals surface area contributed by atoms with Crippen molar-refractivity contribution in [2.45, 2.75) is 82.6 Å². The second kappa shape index (κ2) is 15.1. The van der Waals surface area contributed by atoms with Crippen LogP contribution in [-0.2, 0) is 22.7 Å². The third-order valence-electron chi connectivity index (χ3n) is 12.2. The van der Waals surface area contributed by atoms with Crippen LogP contribution in [0.4, 0.5) is 11.4 Å². The molecule has 4 aliphatic heterocycles. The molecule has 1 unspecified atom stereocenters. The fourth-order valence-corrected chi connectivity index (χ4v) is 9.25. The van der Waals surface area contributed by atoms with Crippen molar-refractivity contribution >= 4 is 52.5 Å². The average Bonchev–Trinajstić information content (AvgIpc) is 3.70. The first-order valence-electron chi connectivity index (χ1n) is 19.2. The zero-order valence-corrected chi connectivity index (χ0v) is 31.6. The number of benzene rings is 3. The highest BCUT2D eigenvalue weighted by Gasteiger charge is 2.45. The predicted octanol–water partition coefficient (Wildman–Crippen LogP) is 5.02. The molecular weight excluding hydrogens is 718 g/mol. The summed E-state index contributed by atoms with van der Waals surface area (Å²) in [7, 11) is 2.06. The van der Waals surface area contributed by atoms with Gasteiger partial charge in [0.05, 0.1) is 21.7 Å². The Labute approximate surface area is 325 Å². The molecule has 55 heavy (non-hydrogen) atoms. The Morgan fingerprint density at radius 1 is 0.891 bits per heavy atom. The Morgan fingerprint density at radius 3 is 2.36 bits per heavy atom. The SMILES string of the molecule is CN(c1ccc(C#N)c(Cl)c1)[C@H]1CC[C@H](NC(=O)c2ccc3c(c2)CN(CC2CCN(c4ccc5c(c4)C(=O)N(C4CCC(=O)NC4=O)C5=O)CC2)C3)CC1. The lowest BCUT2D eigenvalue weighted by Gasteiger charge is -2.36. The van der Waals surface area contributed by atoms with E-state index in [0.29, 0.717) is 39.2 Å². The van der Waals surface area contributed by atoms with Crippen LogP contribution in [-0.4, -0.2) is 84.1 Å². The van der Waals surface area contributed by atoms with Crippen LogP contribution in [0.15, 0.2) is 54.6 Å². The van der Waals surface area contributed by atoms with Crippen molar-refractivity contribution < 1.29 is 24.0 Å². The number of amides is 5. The molecule has 13 heteroatoms. The van der Waals surface area contributed by atoms with Crippen LogP contribution in [0.2, 0.25) is 5.02 Å². The first-order valence-corrected chi connectivity index (χ1v) is 19.6. The first kappa shape index (κ1) is 36.7. The molecule has 12 nitrogen and oxygen atoms in total. The largest absolute Gasteiger partial charge is 0.372 e. The first-order chi connectivity index (χ1) is 26.6. The number of hydrogen-bond acceptors (Lipinski definition) is 9. The van der Waals surface area contributed by atoms with Crippen LogP contribution in [0, 0.1) is 17.2 Å². The van der Waals surface area contributed by atoms with Crippen molar-refractivity contribution in [3.05, 3.63) is 93.0 Å². The fraction of sp³-hybridized carbons (Fsp3) is 0.429. The van der Waals surface area contributed by atoms with Crippen molar-refractivity contribution in [1.82, 2.24) is 20.4 Å². The molecule has 2 saturated heterocycles. The van der Waals surface area contributed by atoms with Crippen LogP contribution in [0.1, 0.15) is 99.1 Å². The van der Waals surface area contributed by atoms with Crippen LogP contribution < -0.4 is 20.4 Å². The van der Waals surface area contributed by atoms with E-state index in [-0.39, 0.29) is 24.8 Å². The number of hydrogen-bond donors (Lipinski definition) is 2. The summed E-state index contributed by atoms with van der Waals surface area (Å²) in [5.41, 5.74) is 6.13. The molecule has 3 aromatic rings. The summed E-state index contributed by atoms with van der Waals surface area (Å²) < 4.78 is 0. The zero-order valence-electron chi connectivity index (χ0n) is 30.9. The number of fused-ring (bicyclic) bond motifs is 2. The highest BCUT2D eigenvalue weighted by atomic mass is 35.5. The van der Waals surface area contributed by atoms with Crippen LogP contribution in [0.25, 0.3) is 0 Å². The van der Waals surface area contributed by atoms with Gasteiger partial charge in [-0.15, -0.1) is 0 Å². The molecule has 1 atom stereocenters. The van der Waals surface area contributed by atoms with Crippen molar-refractivity contribution in [3.8, 4) is 6.07 Å². The number of anilines is 2. The maximum atomic E-state index is 13.4. The molecular formula is C42H44ClN7O5. The molecule has 3 fully saturated rings. The Balaban J connectivity index is 0.801. The molecule has 4 heterocycles. The number of imide groups is 2. The number of carbonyl (C=O) groups excluding carboxylic acids is 5. The maximum absolute atomic E-state index is 13.4. The van der Waals surface area contributed by atoms with Crippen LogP contribution in [0.3, 0.4) is 0 Å². The van der Waals surface area contributed by atoms with E-state index in [1.165, 1.54) is 11.1 Å². The van der Waals surface area contributed by atoms with E-state index in [1.807, 2.05) is 24.3 Å². The Hall–Kier alpha value is -5.25. The van der Waals surface area contributed by atoms with Gasteiger partial charge in [-0.05, 0) is 111 Å². The van der Waals surface area contributed by atoms with Gasteiger partial charge in [0.25, 0.3) is 17.7 Å². The number of nitriles is 1. The minimum Gasteiger partial charge on any atom is -0.372 e. The summed E-state index contributed by atoms with van der Waals surface area (Å²) in [5.74, 6) is -1.49. The van der Waals surface area contributed by atoms with Crippen molar-refractivity contribution in [1.29, 1.82) is 5.26 Å². The Morgan fingerprint density at radius 2 is 1.64 bits per heavy atom. The molecule has 5 amide bonds. The third-order valence-corrected chi connectivity index (χ3v) is 12.5. The average molecular weight is 762 g/mol. The zero-order chi connectivity index (χ0) is 38.4. The lowest BCUT2D eigenvalue weighted by Crippen LogP contribution is -2.54. The van der Waals surface area contributed by atoms with Gasteiger partial charge in [0.2, 0.25) is 11.8 Å². The van der Waals surface area contributed by atoms with Crippen LogP contribution >= 0.6 is 11.6 Å². The standard InChI is InChI=1S/C42H44ClN7O5/c1-47(32-7-4-27(21-44)36(43)20-32)31-8-5-30(6-9-31)45-39(52)26-2-3-28-23-48(24-29(28)18-26)22-25-14-16-49(17-15-25)33-10-11-34-35(19-33)42(55)50(41(34)54)37-12-13-38(51)46-40(37)53/h2-4,7,10-11,18-20,25,30-31,37H,5-6,8-9,12-17,22-24H2,1H3,(H,45,52)(H,46,51,53)/t30-,31-,37?. The highest BCUT2D eigenvalue weighted by Crippen LogP contribution is 2.34. The summed E-state index contributed by atoms with van der Waals surface area (Å²) in [6.07, 6.45) is 5.92. The van der Waals surface area contributed by atoms with E-state index in [9.17, 15) is 29.2 Å². The number of piperidine rings is 2. The molecule has 8 rings (SSSR count). The summed E-state index contributed by atoms with van der Waals surface area (Å²) in [6.45, 7) is 4.31. The highest BCUT2D eigenvalue weighted by molar-refractivity contribution is 6.32. The fourth-order valence-electron chi connectivity index (χ4n) is 9.03. The van der Waals surface area contributed by atoms with E-state index in [1.54, 1.807) is 18.2 Å². The predicted molar refractivity (Wildman–Crippen MR) is 207 cm³/mol. The topological polar surface area (TPSA) is 146 Å². The van der Waals surface area contributed by atoms with Crippen molar-refractivity contribution in [2.24, 2.45) is 5.92 Å². The van der Waals surface area contributed by atoms with E-state index >= 15 is 0 Å². The van der Waals surface area contributed by atoms with Gasteiger partial charge in [0.1, 0.15) is 12.1 Å². The normalized spacial score (nSPS) is 23.0. The molecule has 5 aliphatic rings.